The zero-order valence-corrected chi connectivity index (χ0v) is 15.2. The lowest BCUT2D eigenvalue weighted by Crippen LogP contribution is -2.46. The van der Waals surface area contributed by atoms with Gasteiger partial charge < -0.3 is 9.84 Å². The van der Waals surface area contributed by atoms with Crippen LogP contribution in [0.1, 0.15) is 18.6 Å². The number of carbonyl (C=O) groups is 1. The molecule has 3 atom stereocenters. The zero-order valence-electron chi connectivity index (χ0n) is 14.4. The van der Waals surface area contributed by atoms with E-state index in [1.165, 1.54) is 32.2 Å². The van der Waals surface area contributed by atoms with E-state index in [2.05, 4.69) is 0 Å². The molecule has 0 aliphatic heterocycles. The summed E-state index contributed by atoms with van der Waals surface area (Å²) in [4.78, 5) is 22.3. The maximum atomic E-state index is 11.7. The molecule has 138 valence electrons. The van der Waals surface area contributed by atoms with E-state index in [0.717, 1.165) is 0 Å². The molecule has 0 spiro atoms. The number of likely N-dealkylation sites (N-methyl/N-ethyl adjacent to an activating group) is 1. The fourth-order valence-electron chi connectivity index (χ4n) is 2.43. The Bertz CT molecular complexity index is 782. The van der Waals surface area contributed by atoms with E-state index in [4.69, 9.17) is 16.5 Å². The summed E-state index contributed by atoms with van der Waals surface area (Å²) in [5.74, 6) is -0.319. The molecular weight excluding hydrogens is 360 g/mol. The van der Waals surface area contributed by atoms with Crippen LogP contribution in [0.5, 0.6) is 5.75 Å². The van der Waals surface area contributed by atoms with Gasteiger partial charge in [0.25, 0.3) is 0 Å². The fourth-order valence-corrected chi connectivity index (χ4v) is 2.57. The van der Waals surface area contributed by atoms with Gasteiger partial charge in [-0.15, -0.1) is 0 Å². The van der Waals surface area contributed by atoms with E-state index in [-0.39, 0.29) is 23.9 Å². The quantitative estimate of drug-likeness (QED) is 0.453. The number of nitro benzene ring substituents is 1. The van der Waals surface area contributed by atoms with Crippen molar-refractivity contribution in [1.82, 2.24) is 0 Å². The smallest absolute Gasteiger partial charge is 0.328 e. The molecule has 0 heterocycles. The highest BCUT2D eigenvalue weighted by Gasteiger charge is 2.36. The number of carbonyl (C=O) groups excluding carboxylic acids is 1. The first-order valence-electron chi connectivity index (χ1n) is 7.92. The molecule has 7 nitrogen and oxygen atoms in total. The first-order chi connectivity index (χ1) is 12.2. The van der Waals surface area contributed by atoms with E-state index >= 15 is 0 Å². The van der Waals surface area contributed by atoms with Gasteiger partial charge in [-0.05, 0) is 11.6 Å². The highest BCUT2D eigenvalue weighted by molar-refractivity contribution is 6.11. The third-order valence-corrected chi connectivity index (χ3v) is 4.36. The fraction of sp³-hybridized carbons (Fsp3) is 0.278. The Morgan fingerprint density at radius 1 is 1.23 bits per heavy atom. The number of halogens is 1. The van der Waals surface area contributed by atoms with Gasteiger partial charge in [-0.25, -0.2) is 4.79 Å². The molecule has 8 heteroatoms. The monoisotopic (exact) mass is 379 g/mol. The Hall–Kier alpha value is -2.48. The second-order valence-corrected chi connectivity index (χ2v) is 6.76. The number of nitro groups is 1. The summed E-state index contributed by atoms with van der Waals surface area (Å²) in [5.41, 5.74) is 0.397. The molecule has 2 rings (SSSR count). The minimum atomic E-state index is -1.18. The van der Waals surface area contributed by atoms with Gasteiger partial charge in [-0.3, -0.25) is 10.1 Å². The van der Waals surface area contributed by atoms with Gasteiger partial charge >= 0.3 is 11.6 Å². The van der Waals surface area contributed by atoms with Gasteiger partial charge in [-0.2, -0.15) is 4.00 Å². The largest absolute Gasteiger partial charge is 0.476 e. The van der Waals surface area contributed by atoms with Crippen LogP contribution in [0.3, 0.4) is 0 Å². The van der Waals surface area contributed by atoms with Gasteiger partial charge in [-0.1, -0.05) is 42.5 Å². The predicted octanol–water partition coefficient (Wildman–Crippen LogP) is 3.22. The number of para-hydroxylation sites is 2. The number of amides is 1. The summed E-state index contributed by atoms with van der Waals surface area (Å²) in [5, 5.41) is 21.9. The first kappa shape index (κ1) is 19.8. The maximum absolute atomic E-state index is 11.7. The molecule has 26 heavy (non-hydrogen) atoms. The van der Waals surface area contributed by atoms with Crippen LogP contribution >= 0.6 is 11.8 Å². The molecule has 0 aromatic heterocycles. The van der Waals surface area contributed by atoms with E-state index in [0.29, 0.717) is 5.56 Å². The first-order valence-corrected chi connectivity index (χ1v) is 8.25. The average Bonchev–Trinajstić information content (AvgIpc) is 2.60. The molecule has 0 fully saturated rings. The minimum absolute atomic E-state index is 0.0250. The molecule has 2 aromatic carbocycles. The van der Waals surface area contributed by atoms with Crippen LogP contribution in [-0.2, 0) is 4.79 Å². The van der Waals surface area contributed by atoms with E-state index in [1.54, 1.807) is 36.4 Å². The molecule has 1 amide bonds. The lowest BCUT2D eigenvalue weighted by molar-refractivity contribution is -0.718. The lowest BCUT2D eigenvalue weighted by Gasteiger charge is -2.28. The molecule has 0 aliphatic rings. The Kier molecular flexibility index (Phi) is 6.31. The topological polar surface area (TPSA) is 89.7 Å². The summed E-state index contributed by atoms with van der Waals surface area (Å²) in [7, 11) is 1.46. The summed E-state index contributed by atoms with van der Waals surface area (Å²) in [6.07, 6.45) is -2.11. The van der Waals surface area contributed by atoms with Crippen LogP contribution in [0.4, 0.5) is 5.69 Å². The van der Waals surface area contributed by atoms with Gasteiger partial charge in [0, 0.05) is 6.07 Å². The van der Waals surface area contributed by atoms with Crippen LogP contribution in [0.15, 0.2) is 54.6 Å². The molecule has 2 aromatic rings. The van der Waals surface area contributed by atoms with Crippen molar-refractivity contribution in [1.29, 1.82) is 0 Å². The van der Waals surface area contributed by atoms with Gasteiger partial charge in [0.15, 0.2) is 23.6 Å². The lowest BCUT2D eigenvalue weighted by atomic mass is 10.0. The van der Waals surface area contributed by atoms with E-state index in [9.17, 15) is 20.0 Å². The highest BCUT2D eigenvalue weighted by Crippen LogP contribution is 2.33. The second-order valence-electron chi connectivity index (χ2n) is 6.01. The van der Waals surface area contributed by atoms with Crippen LogP contribution in [0.25, 0.3) is 0 Å². The highest BCUT2D eigenvalue weighted by atomic mass is 35.5. The summed E-state index contributed by atoms with van der Waals surface area (Å²) in [6.45, 7) is 1.19. The number of hydrogen-bond acceptors (Lipinski definition) is 5. The summed E-state index contributed by atoms with van der Waals surface area (Å²) in [6, 6.07) is 14.7. The number of nitrogens with zero attached hydrogens (tertiary/aromatic N) is 2. The second kappa shape index (κ2) is 8.27. The third-order valence-electron chi connectivity index (χ3n) is 3.98. The van der Waals surface area contributed by atoms with Crippen LogP contribution in [-0.4, -0.2) is 39.6 Å². The van der Waals surface area contributed by atoms with E-state index < -0.39 is 21.1 Å². The predicted molar refractivity (Wildman–Crippen MR) is 96.5 cm³/mol. The number of aliphatic hydroxyl groups excluding tert-OH is 1. The maximum Gasteiger partial charge on any atom is 0.328 e. The summed E-state index contributed by atoms with van der Waals surface area (Å²) >= 11 is 6.15. The van der Waals surface area contributed by atoms with E-state index in [1.807, 2.05) is 0 Å². The number of ether oxygens (including phenoxy) is 1. The number of hydrogen-bond donors (Lipinski definition) is 1. The minimum Gasteiger partial charge on any atom is -0.476 e. The normalized spacial score (nSPS) is 15.5. The van der Waals surface area contributed by atoms with Crippen LogP contribution in [0.2, 0.25) is 0 Å². The Morgan fingerprint density at radius 3 is 2.38 bits per heavy atom. The molecule has 1 N–H and O–H groups in total. The number of quaternary nitrogens is 1. The van der Waals surface area contributed by atoms with Crippen molar-refractivity contribution in [3.63, 3.8) is 0 Å². The van der Waals surface area contributed by atoms with Crippen LogP contribution < -0.4 is 4.74 Å². The number of benzene rings is 2. The van der Waals surface area contributed by atoms with Crippen molar-refractivity contribution < 1.29 is 23.6 Å². The average molecular weight is 380 g/mol. The van der Waals surface area contributed by atoms with Crippen molar-refractivity contribution in [3.8, 4) is 5.75 Å². The zero-order chi connectivity index (χ0) is 19.3. The molecule has 0 radical (unpaired) electrons. The van der Waals surface area contributed by atoms with Crippen molar-refractivity contribution in [2.24, 2.45) is 0 Å². The standard InChI is InChI=1S/C18H20ClN2O5/c1-13(22)21(2,19)12-16(23)18(14-8-4-3-5-9-14)26-17-11-7-6-10-15(17)20(24)25/h3-11,16,18,23H,12H2,1-2H3/q+1. The number of rotatable bonds is 7. The Balaban J connectivity index is 2.37. The van der Waals surface area contributed by atoms with Gasteiger partial charge in [0.1, 0.15) is 12.6 Å². The van der Waals surface area contributed by atoms with Crippen molar-refractivity contribution in [2.45, 2.75) is 19.1 Å². The Morgan fingerprint density at radius 2 is 1.81 bits per heavy atom. The van der Waals surface area contributed by atoms with Crippen molar-refractivity contribution in [3.05, 3.63) is 70.3 Å². The van der Waals surface area contributed by atoms with Crippen molar-refractivity contribution in [2.75, 3.05) is 13.6 Å². The third kappa shape index (κ3) is 4.78. The van der Waals surface area contributed by atoms with Gasteiger partial charge in [0.05, 0.1) is 18.9 Å². The molecular formula is C18H20ClN2O5+. The summed E-state index contributed by atoms with van der Waals surface area (Å²) < 4.78 is 5.24. The molecule has 0 bridgehead atoms. The molecule has 0 aliphatic carbocycles. The van der Waals surface area contributed by atoms with Gasteiger partial charge in [0.2, 0.25) is 0 Å². The SMILES string of the molecule is CC(=O)[N+](C)(Cl)CC(O)C(Oc1ccccc1[N+](=O)[O-])c1ccccc1. The molecule has 3 unspecified atom stereocenters. The molecule has 0 saturated heterocycles. The van der Waals surface area contributed by atoms with Crippen LogP contribution in [0, 0.1) is 10.1 Å². The Labute approximate surface area is 156 Å². The van der Waals surface area contributed by atoms with Crippen molar-refractivity contribution >= 4 is 23.4 Å². The number of aliphatic hydroxyl groups is 1. The molecule has 0 saturated carbocycles.